The van der Waals surface area contributed by atoms with E-state index in [1.54, 1.807) is 10.3 Å². The van der Waals surface area contributed by atoms with Gasteiger partial charge in [-0.05, 0) is 18.9 Å². The number of amides is 1. The van der Waals surface area contributed by atoms with Crippen molar-refractivity contribution in [1.82, 2.24) is 4.90 Å². The Morgan fingerprint density at radius 1 is 1.25 bits per heavy atom. The van der Waals surface area contributed by atoms with Crippen LogP contribution in [0.25, 0.3) is 0 Å². The van der Waals surface area contributed by atoms with E-state index in [4.69, 9.17) is 10.7 Å². The molecule has 7 heteroatoms. The number of rotatable bonds is 8. The molecular formula is C13H20ClNO3S2. The molecule has 20 heavy (non-hydrogen) atoms. The van der Waals surface area contributed by atoms with Crippen LogP contribution in [0.3, 0.4) is 0 Å². The second-order valence-corrected chi connectivity index (χ2v) is 8.30. The molecule has 0 aliphatic heterocycles. The zero-order chi connectivity index (χ0) is 15.2. The molecule has 1 rings (SSSR count). The normalized spacial score (nSPS) is 11.6. The summed E-state index contributed by atoms with van der Waals surface area (Å²) < 4.78 is 22.5. The van der Waals surface area contributed by atoms with E-state index >= 15 is 0 Å². The molecule has 0 atom stereocenters. The standard InChI is InChI=1S/C13H20ClNO3S2/c1-3-5-7-15(8-6-4-2)13(16)11-9-12(19-10-11)20(14,17)18/h9-10H,3-8H2,1-2H3. The van der Waals surface area contributed by atoms with Crippen molar-refractivity contribution < 1.29 is 13.2 Å². The van der Waals surface area contributed by atoms with Crippen LogP contribution in [0.15, 0.2) is 15.7 Å². The van der Waals surface area contributed by atoms with Crippen LogP contribution in [0.4, 0.5) is 0 Å². The average Bonchev–Trinajstić information content (AvgIpc) is 2.87. The van der Waals surface area contributed by atoms with Gasteiger partial charge in [0.25, 0.3) is 15.0 Å². The second-order valence-electron chi connectivity index (χ2n) is 4.59. The highest BCUT2D eigenvalue weighted by atomic mass is 35.7. The summed E-state index contributed by atoms with van der Waals surface area (Å²) in [6, 6.07) is 1.36. The zero-order valence-corrected chi connectivity index (χ0v) is 14.2. The third-order valence-electron chi connectivity index (χ3n) is 2.91. The first-order valence-electron chi connectivity index (χ1n) is 6.72. The molecule has 1 aromatic heterocycles. The molecule has 0 aliphatic carbocycles. The van der Waals surface area contributed by atoms with Gasteiger partial charge in [-0.15, -0.1) is 11.3 Å². The minimum absolute atomic E-state index is 0.0217. The molecule has 1 amide bonds. The van der Waals surface area contributed by atoms with Crippen LogP contribution in [-0.4, -0.2) is 32.3 Å². The number of unbranched alkanes of at least 4 members (excludes halogenated alkanes) is 2. The molecule has 0 N–H and O–H groups in total. The highest BCUT2D eigenvalue weighted by Crippen LogP contribution is 2.24. The average molecular weight is 338 g/mol. The van der Waals surface area contributed by atoms with E-state index in [-0.39, 0.29) is 10.1 Å². The number of hydrogen-bond donors (Lipinski definition) is 0. The molecule has 0 saturated carbocycles. The monoisotopic (exact) mass is 337 g/mol. The minimum atomic E-state index is -3.76. The number of carbonyl (C=O) groups is 1. The van der Waals surface area contributed by atoms with Gasteiger partial charge >= 0.3 is 0 Å². The molecule has 0 spiro atoms. The lowest BCUT2D eigenvalue weighted by Gasteiger charge is -2.21. The fraction of sp³-hybridized carbons (Fsp3) is 0.615. The summed E-state index contributed by atoms with van der Waals surface area (Å²) in [5, 5.41) is 1.56. The van der Waals surface area contributed by atoms with E-state index in [2.05, 4.69) is 13.8 Å². The Morgan fingerprint density at radius 3 is 2.20 bits per heavy atom. The SMILES string of the molecule is CCCCN(CCCC)C(=O)c1csc(S(=O)(=O)Cl)c1. The quantitative estimate of drug-likeness (QED) is 0.679. The molecule has 1 heterocycles. The Labute approximate surface area is 129 Å². The van der Waals surface area contributed by atoms with Gasteiger partial charge in [-0.1, -0.05) is 26.7 Å². The summed E-state index contributed by atoms with van der Waals surface area (Å²) in [4.78, 5) is 14.2. The number of carbonyl (C=O) groups excluding carboxylic acids is 1. The highest BCUT2D eigenvalue weighted by Gasteiger charge is 2.20. The maximum Gasteiger partial charge on any atom is 0.270 e. The maximum atomic E-state index is 12.4. The number of nitrogens with zero attached hydrogens (tertiary/aromatic N) is 1. The molecule has 0 saturated heterocycles. The van der Waals surface area contributed by atoms with Crippen LogP contribution in [-0.2, 0) is 9.05 Å². The third kappa shape index (κ3) is 5.07. The molecule has 0 bridgehead atoms. The summed E-state index contributed by atoms with van der Waals surface area (Å²) in [7, 11) is 1.53. The Kier molecular flexibility index (Phi) is 6.99. The Morgan fingerprint density at radius 2 is 1.80 bits per heavy atom. The van der Waals surface area contributed by atoms with Gasteiger partial charge in [0, 0.05) is 29.2 Å². The molecule has 0 unspecified atom stereocenters. The van der Waals surface area contributed by atoms with Gasteiger partial charge in [-0.3, -0.25) is 4.79 Å². The van der Waals surface area contributed by atoms with Crippen molar-refractivity contribution in [2.24, 2.45) is 0 Å². The first-order valence-corrected chi connectivity index (χ1v) is 9.91. The highest BCUT2D eigenvalue weighted by molar-refractivity contribution is 8.15. The van der Waals surface area contributed by atoms with Gasteiger partial charge in [0.05, 0.1) is 5.56 Å². The van der Waals surface area contributed by atoms with Crippen LogP contribution in [0.2, 0.25) is 0 Å². The van der Waals surface area contributed by atoms with Crippen molar-refractivity contribution >= 4 is 37.0 Å². The van der Waals surface area contributed by atoms with Gasteiger partial charge in [-0.25, -0.2) is 8.42 Å². The number of thiophene rings is 1. The molecule has 4 nitrogen and oxygen atoms in total. The van der Waals surface area contributed by atoms with Crippen molar-refractivity contribution in [2.75, 3.05) is 13.1 Å². The molecule has 0 fully saturated rings. The molecular weight excluding hydrogens is 318 g/mol. The van der Waals surface area contributed by atoms with Crippen LogP contribution in [0.1, 0.15) is 49.9 Å². The second kappa shape index (κ2) is 8.00. The summed E-state index contributed by atoms with van der Waals surface area (Å²) in [5.41, 5.74) is 0.404. The summed E-state index contributed by atoms with van der Waals surface area (Å²) in [5.74, 6) is -0.116. The van der Waals surface area contributed by atoms with Crippen LogP contribution >= 0.6 is 22.0 Å². The molecule has 0 aliphatic rings. The fourth-order valence-corrected chi connectivity index (χ4v) is 3.69. The predicted molar refractivity (Wildman–Crippen MR) is 83.1 cm³/mol. The van der Waals surface area contributed by atoms with E-state index in [0.29, 0.717) is 18.7 Å². The topological polar surface area (TPSA) is 54.5 Å². The number of halogens is 1. The smallest absolute Gasteiger partial charge is 0.270 e. The Balaban J connectivity index is 2.85. The summed E-state index contributed by atoms with van der Waals surface area (Å²) in [6.45, 7) is 5.55. The van der Waals surface area contributed by atoms with E-state index < -0.39 is 9.05 Å². The number of hydrogen-bond acceptors (Lipinski definition) is 4. The first kappa shape index (κ1) is 17.5. The van der Waals surface area contributed by atoms with Crippen LogP contribution in [0, 0.1) is 0 Å². The van der Waals surface area contributed by atoms with Crippen molar-refractivity contribution in [3.63, 3.8) is 0 Å². The van der Waals surface area contributed by atoms with Crippen molar-refractivity contribution in [2.45, 2.75) is 43.7 Å². The Bertz CT molecular complexity index is 532. The van der Waals surface area contributed by atoms with E-state index in [1.807, 2.05) is 0 Å². The van der Waals surface area contributed by atoms with Gasteiger partial charge < -0.3 is 4.90 Å². The largest absolute Gasteiger partial charge is 0.339 e. The maximum absolute atomic E-state index is 12.4. The van der Waals surface area contributed by atoms with E-state index in [1.165, 1.54) is 6.07 Å². The minimum Gasteiger partial charge on any atom is -0.339 e. The Hall–Kier alpha value is -0.590. The van der Waals surface area contributed by atoms with Crippen molar-refractivity contribution in [3.8, 4) is 0 Å². The van der Waals surface area contributed by atoms with Gasteiger partial charge in [0.1, 0.15) is 4.21 Å². The van der Waals surface area contributed by atoms with Gasteiger partial charge in [0.2, 0.25) is 0 Å². The van der Waals surface area contributed by atoms with Gasteiger partial charge in [-0.2, -0.15) is 0 Å². The summed E-state index contributed by atoms with van der Waals surface area (Å²) >= 11 is 0.982. The lowest BCUT2D eigenvalue weighted by molar-refractivity contribution is 0.0751. The lowest BCUT2D eigenvalue weighted by atomic mass is 10.2. The molecule has 114 valence electrons. The van der Waals surface area contributed by atoms with Crippen molar-refractivity contribution in [1.29, 1.82) is 0 Å². The summed E-state index contributed by atoms with van der Waals surface area (Å²) in [6.07, 6.45) is 3.92. The molecule has 1 aromatic rings. The zero-order valence-electron chi connectivity index (χ0n) is 11.8. The third-order valence-corrected chi connectivity index (χ3v) is 5.95. The molecule has 0 radical (unpaired) electrons. The fourth-order valence-electron chi connectivity index (χ4n) is 1.75. The first-order chi connectivity index (χ1) is 9.40. The van der Waals surface area contributed by atoms with Crippen LogP contribution < -0.4 is 0 Å². The van der Waals surface area contributed by atoms with Gasteiger partial charge in [0.15, 0.2) is 0 Å². The van der Waals surface area contributed by atoms with Crippen molar-refractivity contribution in [3.05, 3.63) is 17.0 Å². The van der Waals surface area contributed by atoms with E-state index in [0.717, 1.165) is 37.0 Å². The predicted octanol–water partition coefficient (Wildman–Crippen LogP) is 3.72. The van der Waals surface area contributed by atoms with Crippen LogP contribution in [0.5, 0.6) is 0 Å². The lowest BCUT2D eigenvalue weighted by Crippen LogP contribution is -2.32. The molecule has 0 aromatic carbocycles. The van der Waals surface area contributed by atoms with E-state index in [9.17, 15) is 13.2 Å².